The van der Waals surface area contributed by atoms with Gasteiger partial charge in [0.2, 0.25) is 0 Å². The van der Waals surface area contributed by atoms with Gasteiger partial charge in [-0.25, -0.2) is 4.79 Å². The highest BCUT2D eigenvalue weighted by molar-refractivity contribution is 6.35. The van der Waals surface area contributed by atoms with Crippen LogP contribution in [0, 0.1) is 0 Å². The molecule has 0 aliphatic heterocycles. The summed E-state index contributed by atoms with van der Waals surface area (Å²) in [5.74, 6) is -0.419. The van der Waals surface area contributed by atoms with E-state index in [0.717, 1.165) is 5.56 Å². The van der Waals surface area contributed by atoms with E-state index in [1.165, 1.54) is 17.7 Å². The number of hydrogen-bond acceptors (Lipinski definition) is 4. The third-order valence-corrected chi connectivity index (χ3v) is 3.92. The Morgan fingerprint density at radius 3 is 2.43 bits per heavy atom. The SMILES string of the molecule is COC(=O)c1ccc(CCn2c(C=O)c(Cl)cc(Cl)c2=O)cc1. The first kappa shape index (κ1) is 17.2. The van der Waals surface area contributed by atoms with Gasteiger partial charge >= 0.3 is 5.97 Å². The van der Waals surface area contributed by atoms with E-state index in [1.807, 2.05) is 0 Å². The van der Waals surface area contributed by atoms with Crippen molar-refractivity contribution in [3.8, 4) is 0 Å². The van der Waals surface area contributed by atoms with E-state index in [9.17, 15) is 14.4 Å². The molecule has 0 atom stereocenters. The Morgan fingerprint density at radius 2 is 1.87 bits per heavy atom. The molecule has 0 saturated heterocycles. The molecule has 0 aliphatic rings. The maximum Gasteiger partial charge on any atom is 0.337 e. The van der Waals surface area contributed by atoms with Gasteiger partial charge in [-0.15, -0.1) is 0 Å². The Balaban J connectivity index is 2.23. The standard InChI is InChI=1S/C16H13Cl2NO4/c1-23-16(22)11-4-2-10(3-5-11)6-7-19-14(9-20)12(17)8-13(18)15(19)21/h2-5,8-9H,6-7H2,1H3. The lowest BCUT2D eigenvalue weighted by molar-refractivity contribution is 0.0600. The number of nitrogens with zero attached hydrogens (tertiary/aromatic N) is 1. The van der Waals surface area contributed by atoms with Gasteiger partial charge in [0.05, 0.1) is 17.7 Å². The second-order valence-corrected chi connectivity index (χ2v) is 5.55. The van der Waals surface area contributed by atoms with Gasteiger partial charge in [-0.3, -0.25) is 9.59 Å². The summed E-state index contributed by atoms with van der Waals surface area (Å²) in [6.07, 6.45) is 0.999. The van der Waals surface area contributed by atoms with E-state index in [4.69, 9.17) is 23.2 Å². The summed E-state index contributed by atoms with van der Waals surface area (Å²) in [7, 11) is 1.31. The summed E-state index contributed by atoms with van der Waals surface area (Å²) in [6, 6.07) is 8.04. The van der Waals surface area contributed by atoms with Crippen LogP contribution in [-0.4, -0.2) is 23.9 Å². The second kappa shape index (κ2) is 7.44. The molecule has 1 aromatic heterocycles. The Bertz CT molecular complexity index is 797. The smallest absolute Gasteiger partial charge is 0.337 e. The number of carbonyl (C=O) groups excluding carboxylic acids is 2. The van der Waals surface area contributed by atoms with Gasteiger partial charge < -0.3 is 9.30 Å². The fraction of sp³-hybridized carbons (Fsp3) is 0.188. The molecular formula is C16H13Cl2NO4. The van der Waals surface area contributed by atoms with Crippen molar-refractivity contribution in [1.82, 2.24) is 4.57 Å². The van der Waals surface area contributed by atoms with Gasteiger partial charge in [0, 0.05) is 6.54 Å². The maximum absolute atomic E-state index is 12.1. The predicted molar refractivity (Wildman–Crippen MR) is 87.6 cm³/mol. The molecule has 0 N–H and O–H groups in total. The molecular weight excluding hydrogens is 341 g/mol. The monoisotopic (exact) mass is 353 g/mol. The van der Waals surface area contributed by atoms with Crippen LogP contribution in [0.15, 0.2) is 35.1 Å². The van der Waals surface area contributed by atoms with Crippen molar-refractivity contribution < 1.29 is 14.3 Å². The van der Waals surface area contributed by atoms with Crippen LogP contribution in [0.3, 0.4) is 0 Å². The third kappa shape index (κ3) is 3.81. The summed E-state index contributed by atoms with van der Waals surface area (Å²) in [5.41, 5.74) is 0.946. The predicted octanol–water partition coefficient (Wildman–Crippen LogP) is 3.00. The van der Waals surface area contributed by atoms with E-state index in [0.29, 0.717) is 18.3 Å². The average Bonchev–Trinajstić information content (AvgIpc) is 2.56. The number of esters is 1. The minimum atomic E-state index is -0.468. The fourth-order valence-corrected chi connectivity index (χ4v) is 2.64. The first-order valence-electron chi connectivity index (χ1n) is 6.69. The summed E-state index contributed by atoms with van der Waals surface area (Å²) >= 11 is 11.7. The lowest BCUT2D eigenvalue weighted by Crippen LogP contribution is -2.25. The molecule has 0 amide bonds. The number of aromatic nitrogens is 1. The molecule has 0 bridgehead atoms. The number of aryl methyl sites for hydroxylation is 1. The largest absolute Gasteiger partial charge is 0.465 e. The highest BCUT2D eigenvalue weighted by Crippen LogP contribution is 2.17. The molecule has 5 nitrogen and oxygen atoms in total. The lowest BCUT2D eigenvalue weighted by Gasteiger charge is -2.11. The van der Waals surface area contributed by atoms with E-state index >= 15 is 0 Å². The Kier molecular flexibility index (Phi) is 5.58. The van der Waals surface area contributed by atoms with Crippen molar-refractivity contribution >= 4 is 35.5 Å². The highest BCUT2D eigenvalue weighted by atomic mass is 35.5. The number of ether oxygens (including phenoxy) is 1. The number of carbonyl (C=O) groups is 2. The maximum atomic E-state index is 12.1. The number of aldehydes is 1. The summed E-state index contributed by atoms with van der Waals surface area (Å²) in [6.45, 7) is 0.241. The van der Waals surface area contributed by atoms with Crippen LogP contribution in [0.4, 0.5) is 0 Å². The Labute approximate surface area is 142 Å². The van der Waals surface area contributed by atoms with Crippen molar-refractivity contribution in [2.45, 2.75) is 13.0 Å². The molecule has 1 heterocycles. The van der Waals surface area contributed by atoms with Gasteiger partial charge in [-0.05, 0) is 30.2 Å². The van der Waals surface area contributed by atoms with Gasteiger partial charge in [0.25, 0.3) is 5.56 Å². The number of hydrogen-bond donors (Lipinski definition) is 0. The summed E-state index contributed by atoms with van der Waals surface area (Å²) in [4.78, 5) is 34.6. The van der Waals surface area contributed by atoms with Gasteiger partial charge in [0.1, 0.15) is 10.7 Å². The third-order valence-electron chi connectivity index (χ3n) is 3.35. The minimum absolute atomic E-state index is 0.0401. The van der Waals surface area contributed by atoms with Crippen molar-refractivity contribution in [1.29, 1.82) is 0 Å². The van der Waals surface area contributed by atoms with Gasteiger partial charge in [-0.1, -0.05) is 35.3 Å². The quantitative estimate of drug-likeness (QED) is 0.612. The van der Waals surface area contributed by atoms with Crippen LogP contribution in [0.2, 0.25) is 10.0 Å². The van der Waals surface area contributed by atoms with Crippen LogP contribution in [-0.2, 0) is 17.7 Å². The Hall–Kier alpha value is -2.11. The lowest BCUT2D eigenvalue weighted by atomic mass is 10.1. The highest BCUT2D eigenvalue weighted by Gasteiger charge is 2.12. The van der Waals surface area contributed by atoms with Crippen molar-refractivity contribution in [3.05, 3.63) is 67.6 Å². The molecule has 0 aliphatic carbocycles. The summed E-state index contributed by atoms with van der Waals surface area (Å²) in [5, 5.41) is 0.0901. The first-order valence-corrected chi connectivity index (χ1v) is 7.44. The summed E-state index contributed by atoms with van der Waals surface area (Å²) < 4.78 is 5.87. The van der Waals surface area contributed by atoms with Crippen LogP contribution in [0.1, 0.15) is 26.4 Å². The van der Waals surface area contributed by atoms with E-state index in [-0.39, 0.29) is 22.3 Å². The molecule has 2 rings (SSSR count). The Morgan fingerprint density at radius 1 is 1.22 bits per heavy atom. The van der Waals surface area contributed by atoms with Crippen LogP contribution in [0.25, 0.3) is 0 Å². The number of pyridine rings is 1. The zero-order chi connectivity index (χ0) is 17.0. The molecule has 1 aromatic carbocycles. The molecule has 120 valence electrons. The van der Waals surface area contributed by atoms with Gasteiger partial charge in [-0.2, -0.15) is 0 Å². The van der Waals surface area contributed by atoms with Gasteiger partial charge in [0.15, 0.2) is 6.29 Å². The first-order chi connectivity index (χ1) is 11.0. The number of benzene rings is 1. The van der Waals surface area contributed by atoms with E-state index in [2.05, 4.69) is 4.74 Å². The molecule has 0 fully saturated rings. The number of halogens is 2. The molecule has 0 radical (unpaired) electrons. The molecule has 23 heavy (non-hydrogen) atoms. The average molecular weight is 354 g/mol. The zero-order valence-electron chi connectivity index (χ0n) is 12.2. The van der Waals surface area contributed by atoms with E-state index in [1.54, 1.807) is 24.3 Å². The normalized spacial score (nSPS) is 10.4. The minimum Gasteiger partial charge on any atom is -0.465 e. The van der Waals surface area contributed by atoms with E-state index < -0.39 is 11.5 Å². The molecule has 0 unspecified atom stereocenters. The number of methoxy groups -OCH3 is 1. The van der Waals surface area contributed by atoms with Crippen molar-refractivity contribution in [2.24, 2.45) is 0 Å². The van der Waals surface area contributed by atoms with Crippen molar-refractivity contribution in [2.75, 3.05) is 7.11 Å². The fourth-order valence-electron chi connectivity index (χ4n) is 2.12. The second-order valence-electron chi connectivity index (χ2n) is 4.74. The molecule has 0 saturated carbocycles. The topological polar surface area (TPSA) is 65.4 Å². The zero-order valence-corrected chi connectivity index (χ0v) is 13.7. The van der Waals surface area contributed by atoms with Crippen LogP contribution < -0.4 is 5.56 Å². The van der Waals surface area contributed by atoms with Crippen molar-refractivity contribution in [3.63, 3.8) is 0 Å². The van der Waals surface area contributed by atoms with Crippen LogP contribution >= 0.6 is 23.2 Å². The molecule has 7 heteroatoms. The molecule has 2 aromatic rings. The van der Waals surface area contributed by atoms with Crippen LogP contribution in [0.5, 0.6) is 0 Å². The number of rotatable bonds is 5. The molecule has 0 spiro atoms.